The monoisotopic (exact) mass is 416 g/mol. The molecule has 0 spiro atoms. The lowest BCUT2D eigenvalue weighted by Crippen LogP contribution is -2.35. The Morgan fingerprint density at radius 3 is 1.42 bits per heavy atom. The smallest absolute Gasteiger partial charge is 0.205 e. The molecule has 0 unspecified atom stereocenters. The van der Waals surface area contributed by atoms with Gasteiger partial charge in [-0.15, -0.1) is 0 Å². The standard InChI is InChI=1S/C26H29N3O2/c1-27(2)23-15-11-19(25(30)17-23)9-13-21-7-6-8-22(29(21)5)14-10-20-12-16-24(28(3)4)18-26(20)31/h6-18H,1-5H3,(H,30,31)/p+1. The second-order valence-electron chi connectivity index (χ2n) is 7.88. The van der Waals surface area contributed by atoms with Crippen LogP contribution in [-0.2, 0) is 7.05 Å². The third-order valence-electron chi connectivity index (χ3n) is 5.24. The number of phenols is 2. The Morgan fingerprint density at radius 2 is 1.06 bits per heavy atom. The molecule has 0 bridgehead atoms. The van der Waals surface area contributed by atoms with E-state index in [9.17, 15) is 10.2 Å². The fourth-order valence-corrected chi connectivity index (χ4v) is 3.21. The van der Waals surface area contributed by atoms with Crippen molar-refractivity contribution in [3.05, 3.63) is 77.1 Å². The van der Waals surface area contributed by atoms with Crippen molar-refractivity contribution in [2.24, 2.45) is 7.05 Å². The maximum atomic E-state index is 10.3. The lowest BCUT2D eigenvalue weighted by molar-refractivity contribution is -0.675. The minimum absolute atomic E-state index is 0.248. The van der Waals surface area contributed by atoms with E-state index in [1.165, 1.54) is 0 Å². The van der Waals surface area contributed by atoms with Crippen LogP contribution < -0.4 is 14.4 Å². The topological polar surface area (TPSA) is 50.8 Å². The van der Waals surface area contributed by atoms with Crippen LogP contribution in [0.3, 0.4) is 0 Å². The van der Waals surface area contributed by atoms with Crippen LogP contribution in [0.5, 0.6) is 11.5 Å². The van der Waals surface area contributed by atoms with Gasteiger partial charge in [-0.2, -0.15) is 4.57 Å². The van der Waals surface area contributed by atoms with Gasteiger partial charge in [-0.1, -0.05) is 0 Å². The van der Waals surface area contributed by atoms with Gasteiger partial charge in [0, 0.05) is 87.1 Å². The summed E-state index contributed by atoms with van der Waals surface area (Å²) >= 11 is 0. The molecule has 0 saturated heterocycles. The van der Waals surface area contributed by atoms with Crippen LogP contribution in [0.25, 0.3) is 24.3 Å². The molecule has 0 amide bonds. The van der Waals surface area contributed by atoms with Gasteiger partial charge in [0.1, 0.15) is 18.5 Å². The predicted octanol–water partition coefficient (Wildman–Crippen LogP) is 4.40. The van der Waals surface area contributed by atoms with Crippen molar-refractivity contribution in [2.75, 3.05) is 38.0 Å². The third kappa shape index (κ3) is 5.25. The first-order chi connectivity index (χ1) is 14.8. The summed E-state index contributed by atoms with van der Waals surface area (Å²) in [4.78, 5) is 3.91. The highest BCUT2D eigenvalue weighted by Crippen LogP contribution is 2.26. The molecule has 3 rings (SSSR count). The second-order valence-corrected chi connectivity index (χ2v) is 7.88. The van der Waals surface area contributed by atoms with Gasteiger partial charge in [-0.05, 0) is 42.5 Å². The van der Waals surface area contributed by atoms with Crippen LogP contribution in [-0.4, -0.2) is 38.4 Å². The van der Waals surface area contributed by atoms with Gasteiger partial charge in [-0.3, -0.25) is 0 Å². The molecule has 31 heavy (non-hydrogen) atoms. The van der Waals surface area contributed by atoms with E-state index in [-0.39, 0.29) is 11.5 Å². The van der Waals surface area contributed by atoms with Gasteiger partial charge in [0.15, 0.2) is 0 Å². The molecule has 0 aliphatic rings. The normalized spacial score (nSPS) is 11.4. The summed E-state index contributed by atoms with van der Waals surface area (Å²) in [5.74, 6) is 0.496. The van der Waals surface area contributed by atoms with Gasteiger partial charge in [0.05, 0.1) is 0 Å². The van der Waals surface area contributed by atoms with E-state index in [0.717, 1.165) is 33.9 Å². The molecular formula is C26H30N3O2+. The maximum absolute atomic E-state index is 10.3. The molecular weight excluding hydrogens is 386 g/mol. The highest BCUT2D eigenvalue weighted by Gasteiger charge is 2.09. The number of aromatic hydroxyl groups is 2. The maximum Gasteiger partial charge on any atom is 0.205 e. The van der Waals surface area contributed by atoms with Crippen LogP contribution in [0, 0.1) is 0 Å². The van der Waals surface area contributed by atoms with E-state index >= 15 is 0 Å². The van der Waals surface area contributed by atoms with E-state index < -0.39 is 0 Å². The molecule has 0 atom stereocenters. The van der Waals surface area contributed by atoms with Crippen molar-refractivity contribution in [1.82, 2.24) is 0 Å². The largest absolute Gasteiger partial charge is 0.507 e. The van der Waals surface area contributed by atoms with E-state index in [0.29, 0.717) is 0 Å². The number of phenolic OH excluding ortho intramolecular Hbond substituents is 2. The minimum atomic E-state index is 0.248. The predicted molar refractivity (Wildman–Crippen MR) is 130 cm³/mol. The lowest BCUT2D eigenvalue weighted by atomic mass is 10.1. The van der Waals surface area contributed by atoms with E-state index in [1.54, 1.807) is 12.1 Å². The average molecular weight is 417 g/mol. The van der Waals surface area contributed by atoms with Crippen molar-refractivity contribution in [3.63, 3.8) is 0 Å². The number of hydrogen-bond acceptors (Lipinski definition) is 4. The molecule has 2 N–H and O–H groups in total. The first-order valence-electron chi connectivity index (χ1n) is 10.1. The molecule has 3 aromatic rings. The van der Waals surface area contributed by atoms with Gasteiger partial charge >= 0.3 is 0 Å². The van der Waals surface area contributed by atoms with Crippen molar-refractivity contribution >= 4 is 35.7 Å². The fraction of sp³-hybridized carbons (Fsp3) is 0.192. The van der Waals surface area contributed by atoms with Crippen LogP contribution in [0.2, 0.25) is 0 Å². The van der Waals surface area contributed by atoms with Crippen molar-refractivity contribution in [2.45, 2.75) is 0 Å². The number of nitrogens with zero attached hydrogens (tertiary/aromatic N) is 3. The SMILES string of the molecule is CN(C)c1ccc(/C=C/c2cccc(/C=C/c3ccc(N(C)C)cc3O)[n+]2C)c(O)c1. The number of hydrogen-bond donors (Lipinski definition) is 2. The van der Waals surface area contributed by atoms with E-state index in [4.69, 9.17) is 0 Å². The summed E-state index contributed by atoms with van der Waals surface area (Å²) in [5.41, 5.74) is 5.41. The zero-order valence-corrected chi connectivity index (χ0v) is 18.7. The van der Waals surface area contributed by atoms with Gasteiger partial charge in [0.2, 0.25) is 11.4 Å². The van der Waals surface area contributed by atoms with Crippen molar-refractivity contribution in [3.8, 4) is 11.5 Å². The molecule has 1 aromatic heterocycles. The first-order valence-corrected chi connectivity index (χ1v) is 10.1. The summed E-state index contributed by atoms with van der Waals surface area (Å²) in [5, 5.41) is 20.6. The Labute approximate surface area is 184 Å². The Bertz CT molecular complexity index is 1050. The molecule has 1 heterocycles. The number of aromatic nitrogens is 1. The summed E-state index contributed by atoms with van der Waals surface area (Å²) in [7, 11) is 9.77. The molecule has 0 saturated carbocycles. The molecule has 0 radical (unpaired) electrons. The molecule has 5 nitrogen and oxygen atoms in total. The molecule has 2 aromatic carbocycles. The zero-order valence-electron chi connectivity index (χ0n) is 18.7. The van der Waals surface area contributed by atoms with Crippen molar-refractivity contribution < 1.29 is 14.8 Å². The first kappa shape index (κ1) is 22.0. The molecule has 0 aliphatic heterocycles. The number of benzene rings is 2. The molecule has 5 heteroatoms. The number of pyridine rings is 1. The summed E-state index contributed by atoms with van der Waals surface area (Å²) in [6, 6.07) is 17.3. The van der Waals surface area contributed by atoms with E-state index in [1.807, 2.05) is 112 Å². The van der Waals surface area contributed by atoms with Gasteiger partial charge in [0.25, 0.3) is 0 Å². The second kappa shape index (κ2) is 9.39. The quantitative estimate of drug-likeness (QED) is 0.585. The van der Waals surface area contributed by atoms with Crippen LogP contribution >= 0.6 is 0 Å². The number of anilines is 2. The van der Waals surface area contributed by atoms with E-state index in [2.05, 4.69) is 4.57 Å². The zero-order chi connectivity index (χ0) is 22.5. The highest BCUT2D eigenvalue weighted by atomic mass is 16.3. The molecule has 0 fully saturated rings. The van der Waals surface area contributed by atoms with Gasteiger partial charge < -0.3 is 20.0 Å². The lowest BCUT2D eigenvalue weighted by Gasteiger charge is -2.13. The summed E-state index contributed by atoms with van der Waals surface area (Å²) in [6.45, 7) is 0. The molecule has 160 valence electrons. The highest BCUT2D eigenvalue weighted by molar-refractivity contribution is 5.74. The van der Waals surface area contributed by atoms with Crippen LogP contribution in [0.15, 0.2) is 54.6 Å². The Morgan fingerprint density at radius 1 is 0.645 bits per heavy atom. The average Bonchev–Trinajstić information content (AvgIpc) is 2.73. The fourth-order valence-electron chi connectivity index (χ4n) is 3.21. The minimum Gasteiger partial charge on any atom is -0.507 e. The Balaban J connectivity index is 1.84. The summed E-state index contributed by atoms with van der Waals surface area (Å²) in [6.07, 6.45) is 7.77. The van der Waals surface area contributed by atoms with Crippen LogP contribution in [0.4, 0.5) is 11.4 Å². The Kier molecular flexibility index (Phi) is 6.65. The molecule has 0 aliphatic carbocycles. The van der Waals surface area contributed by atoms with Gasteiger partial charge in [-0.25, -0.2) is 0 Å². The van der Waals surface area contributed by atoms with Crippen molar-refractivity contribution in [1.29, 1.82) is 0 Å². The Hall–Kier alpha value is -3.73. The summed E-state index contributed by atoms with van der Waals surface area (Å²) < 4.78 is 2.06. The van der Waals surface area contributed by atoms with Crippen LogP contribution in [0.1, 0.15) is 22.5 Å². The third-order valence-corrected chi connectivity index (χ3v) is 5.24. The number of rotatable bonds is 6.